The quantitative estimate of drug-likeness (QED) is 0.557. The molecule has 0 aliphatic heterocycles. The summed E-state index contributed by atoms with van der Waals surface area (Å²) < 4.78 is 10.4. The van der Waals surface area contributed by atoms with Gasteiger partial charge in [-0.3, -0.25) is 5.43 Å². The van der Waals surface area contributed by atoms with Gasteiger partial charge in [0.25, 0.3) is 0 Å². The molecule has 21 heavy (non-hydrogen) atoms. The fraction of sp³-hybridized carbons (Fsp3) is 0.154. The first-order valence-electron chi connectivity index (χ1n) is 5.95. The summed E-state index contributed by atoms with van der Waals surface area (Å²) in [6.07, 6.45) is 0. The number of methoxy groups -OCH3 is 2. The molecule has 0 amide bonds. The summed E-state index contributed by atoms with van der Waals surface area (Å²) in [6, 6.07) is 8.76. The third-order valence-corrected chi connectivity index (χ3v) is 2.63. The summed E-state index contributed by atoms with van der Waals surface area (Å²) in [5.41, 5.74) is 3.23. The van der Waals surface area contributed by atoms with Gasteiger partial charge in [0, 0.05) is 17.8 Å². The Kier molecular flexibility index (Phi) is 4.38. The standard InChI is InChI=1S/C13H14N6O2/c1-20-10-4-3-8(5-11(10)21-2)16-12-6-9(7-14)17-13(18-12)19-15/h3-6H,15H2,1-2H3,(H2,16,17,18,19). The Morgan fingerprint density at radius 1 is 1.14 bits per heavy atom. The van der Waals surface area contributed by atoms with E-state index in [0.29, 0.717) is 17.3 Å². The average molecular weight is 286 g/mol. The van der Waals surface area contributed by atoms with Gasteiger partial charge in [-0.2, -0.15) is 10.2 Å². The summed E-state index contributed by atoms with van der Waals surface area (Å²) in [5.74, 6) is 7.05. The van der Waals surface area contributed by atoms with E-state index in [-0.39, 0.29) is 11.6 Å². The number of ether oxygens (including phenoxy) is 2. The molecule has 108 valence electrons. The molecule has 8 nitrogen and oxygen atoms in total. The molecule has 1 aromatic carbocycles. The number of nitrogens with zero attached hydrogens (tertiary/aromatic N) is 3. The van der Waals surface area contributed by atoms with E-state index in [9.17, 15) is 0 Å². The maximum Gasteiger partial charge on any atom is 0.240 e. The van der Waals surface area contributed by atoms with Crippen LogP contribution >= 0.6 is 0 Å². The van der Waals surface area contributed by atoms with Crippen molar-refractivity contribution in [1.82, 2.24) is 9.97 Å². The van der Waals surface area contributed by atoms with Gasteiger partial charge < -0.3 is 14.8 Å². The van der Waals surface area contributed by atoms with Crippen LogP contribution < -0.4 is 26.1 Å². The van der Waals surface area contributed by atoms with Gasteiger partial charge in [0.1, 0.15) is 17.6 Å². The molecular weight excluding hydrogens is 272 g/mol. The number of anilines is 3. The van der Waals surface area contributed by atoms with Crippen LogP contribution in [0.1, 0.15) is 5.69 Å². The molecule has 0 bridgehead atoms. The molecule has 4 N–H and O–H groups in total. The largest absolute Gasteiger partial charge is 0.493 e. The van der Waals surface area contributed by atoms with E-state index >= 15 is 0 Å². The van der Waals surface area contributed by atoms with E-state index in [1.54, 1.807) is 32.4 Å². The lowest BCUT2D eigenvalue weighted by Gasteiger charge is -2.11. The van der Waals surface area contributed by atoms with Crippen molar-refractivity contribution in [3.8, 4) is 17.6 Å². The first kappa shape index (κ1) is 14.4. The predicted molar refractivity (Wildman–Crippen MR) is 77.4 cm³/mol. The SMILES string of the molecule is COc1ccc(Nc2cc(C#N)nc(NN)n2)cc1OC. The molecule has 1 heterocycles. The normalized spacial score (nSPS) is 9.62. The second kappa shape index (κ2) is 6.40. The number of nitrogen functional groups attached to an aromatic ring is 1. The van der Waals surface area contributed by atoms with E-state index in [0.717, 1.165) is 5.69 Å². The molecule has 1 aromatic heterocycles. The highest BCUT2D eigenvalue weighted by atomic mass is 16.5. The molecule has 0 unspecified atom stereocenters. The van der Waals surface area contributed by atoms with Gasteiger partial charge in [0.2, 0.25) is 5.95 Å². The fourth-order valence-corrected chi connectivity index (χ4v) is 1.69. The molecule has 2 rings (SSSR count). The summed E-state index contributed by atoms with van der Waals surface area (Å²) in [4.78, 5) is 7.99. The van der Waals surface area contributed by atoms with Crippen molar-refractivity contribution in [2.75, 3.05) is 25.0 Å². The molecular formula is C13H14N6O2. The summed E-state index contributed by atoms with van der Waals surface area (Å²) in [5, 5.41) is 12.0. The molecule has 0 spiro atoms. The Morgan fingerprint density at radius 2 is 1.90 bits per heavy atom. The van der Waals surface area contributed by atoms with Gasteiger partial charge in [-0.05, 0) is 12.1 Å². The molecule has 0 radical (unpaired) electrons. The first-order valence-corrected chi connectivity index (χ1v) is 5.95. The highest BCUT2D eigenvalue weighted by molar-refractivity contribution is 5.62. The molecule has 0 saturated heterocycles. The molecule has 0 aliphatic carbocycles. The second-order valence-electron chi connectivity index (χ2n) is 3.91. The second-order valence-corrected chi connectivity index (χ2v) is 3.91. The minimum atomic E-state index is 0.150. The van der Waals surface area contributed by atoms with Crippen LogP contribution in [0.25, 0.3) is 0 Å². The van der Waals surface area contributed by atoms with E-state index in [1.165, 1.54) is 6.07 Å². The topological polar surface area (TPSA) is 118 Å². The number of nitrogens with one attached hydrogen (secondary N) is 2. The Hall–Kier alpha value is -3.05. The van der Waals surface area contributed by atoms with E-state index in [1.807, 2.05) is 6.07 Å². The smallest absolute Gasteiger partial charge is 0.240 e. The van der Waals surface area contributed by atoms with Crippen LogP contribution in [0.5, 0.6) is 11.5 Å². The Labute approximate surface area is 121 Å². The lowest BCUT2D eigenvalue weighted by molar-refractivity contribution is 0.355. The summed E-state index contributed by atoms with van der Waals surface area (Å²) in [6.45, 7) is 0. The van der Waals surface area contributed by atoms with Crippen LogP contribution in [-0.2, 0) is 0 Å². The number of benzene rings is 1. The van der Waals surface area contributed by atoms with Gasteiger partial charge >= 0.3 is 0 Å². The lowest BCUT2D eigenvalue weighted by Crippen LogP contribution is -2.12. The summed E-state index contributed by atoms with van der Waals surface area (Å²) in [7, 11) is 3.12. The van der Waals surface area contributed by atoms with Gasteiger partial charge in [0.05, 0.1) is 14.2 Å². The van der Waals surface area contributed by atoms with Crippen LogP contribution in [0.4, 0.5) is 17.5 Å². The fourth-order valence-electron chi connectivity index (χ4n) is 1.69. The third kappa shape index (κ3) is 3.29. The third-order valence-electron chi connectivity index (χ3n) is 2.63. The molecule has 2 aromatic rings. The number of hydrogen-bond donors (Lipinski definition) is 3. The van der Waals surface area contributed by atoms with Crippen LogP contribution in [0.15, 0.2) is 24.3 Å². The zero-order chi connectivity index (χ0) is 15.2. The molecule has 8 heteroatoms. The van der Waals surface area contributed by atoms with Gasteiger partial charge in [0.15, 0.2) is 11.5 Å². The number of hydrogen-bond acceptors (Lipinski definition) is 8. The Morgan fingerprint density at radius 3 is 2.52 bits per heavy atom. The Balaban J connectivity index is 2.32. The lowest BCUT2D eigenvalue weighted by atomic mass is 10.2. The average Bonchev–Trinajstić information content (AvgIpc) is 2.54. The van der Waals surface area contributed by atoms with E-state index in [4.69, 9.17) is 20.6 Å². The zero-order valence-electron chi connectivity index (χ0n) is 11.5. The van der Waals surface area contributed by atoms with E-state index in [2.05, 4.69) is 20.7 Å². The van der Waals surface area contributed by atoms with Crippen LogP contribution in [-0.4, -0.2) is 24.2 Å². The molecule has 0 aliphatic rings. The monoisotopic (exact) mass is 286 g/mol. The van der Waals surface area contributed by atoms with Crippen LogP contribution in [0.2, 0.25) is 0 Å². The zero-order valence-corrected chi connectivity index (χ0v) is 11.5. The number of nitriles is 1. The minimum absolute atomic E-state index is 0.150. The van der Waals surface area contributed by atoms with Crippen molar-refractivity contribution in [1.29, 1.82) is 5.26 Å². The minimum Gasteiger partial charge on any atom is -0.493 e. The van der Waals surface area contributed by atoms with Crippen molar-refractivity contribution in [3.63, 3.8) is 0 Å². The molecule has 0 saturated carbocycles. The molecule has 0 fully saturated rings. The van der Waals surface area contributed by atoms with Crippen LogP contribution in [0, 0.1) is 11.3 Å². The van der Waals surface area contributed by atoms with Gasteiger partial charge in [-0.1, -0.05) is 0 Å². The van der Waals surface area contributed by atoms with Crippen LogP contribution in [0.3, 0.4) is 0 Å². The van der Waals surface area contributed by atoms with Crippen molar-refractivity contribution in [2.24, 2.45) is 5.84 Å². The number of rotatable bonds is 5. The van der Waals surface area contributed by atoms with Gasteiger partial charge in [-0.15, -0.1) is 0 Å². The number of aromatic nitrogens is 2. The number of hydrazine groups is 1. The highest BCUT2D eigenvalue weighted by Gasteiger charge is 2.07. The van der Waals surface area contributed by atoms with Crippen molar-refractivity contribution >= 4 is 17.5 Å². The number of nitrogens with two attached hydrogens (primary N) is 1. The Bertz CT molecular complexity index is 683. The van der Waals surface area contributed by atoms with Crippen molar-refractivity contribution in [3.05, 3.63) is 30.0 Å². The highest BCUT2D eigenvalue weighted by Crippen LogP contribution is 2.30. The first-order chi connectivity index (χ1) is 10.2. The maximum absolute atomic E-state index is 8.93. The summed E-state index contributed by atoms with van der Waals surface area (Å²) >= 11 is 0. The maximum atomic E-state index is 8.93. The molecule has 0 atom stereocenters. The van der Waals surface area contributed by atoms with E-state index < -0.39 is 0 Å². The van der Waals surface area contributed by atoms with Crippen molar-refractivity contribution in [2.45, 2.75) is 0 Å². The predicted octanol–water partition coefficient (Wildman–Crippen LogP) is 1.39. The van der Waals surface area contributed by atoms with Gasteiger partial charge in [-0.25, -0.2) is 10.8 Å². The van der Waals surface area contributed by atoms with Crippen molar-refractivity contribution < 1.29 is 9.47 Å².